The van der Waals surface area contributed by atoms with E-state index in [-0.39, 0.29) is 18.2 Å². The Morgan fingerprint density at radius 1 is 1.52 bits per heavy atom. The summed E-state index contributed by atoms with van der Waals surface area (Å²) in [5.41, 5.74) is 5.18. The lowest BCUT2D eigenvalue weighted by molar-refractivity contribution is -0.140. The lowest BCUT2D eigenvalue weighted by Gasteiger charge is -2.22. The molecule has 0 radical (unpaired) electrons. The van der Waals surface area contributed by atoms with Crippen molar-refractivity contribution in [2.75, 3.05) is 12.3 Å². The van der Waals surface area contributed by atoms with Crippen LogP contribution in [0, 0.1) is 0 Å². The minimum atomic E-state index is -1.27. The standard InChI is InChI=1S/C12H20N4O5/c1-12(2,3)21-11(19)15-8(10(17)18)6-20-9-7(13)5-14-16(9)4/h5,8H,6,13H2,1-4H3,(H,15,19)(H,17,18)/t8-/m0/s1. The second-order valence-electron chi connectivity index (χ2n) is 5.38. The molecule has 0 spiro atoms. The van der Waals surface area contributed by atoms with E-state index in [2.05, 4.69) is 10.4 Å². The molecule has 1 rings (SSSR count). The predicted molar refractivity (Wildman–Crippen MR) is 73.9 cm³/mol. The van der Waals surface area contributed by atoms with Crippen LogP contribution in [-0.2, 0) is 16.6 Å². The van der Waals surface area contributed by atoms with Gasteiger partial charge in [0.25, 0.3) is 0 Å². The molecule has 9 heteroatoms. The Kier molecular flexibility index (Phi) is 5.01. The van der Waals surface area contributed by atoms with Crippen LogP contribution in [0.3, 0.4) is 0 Å². The van der Waals surface area contributed by atoms with Crippen molar-refractivity contribution in [2.45, 2.75) is 32.4 Å². The van der Waals surface area contributed by atoms with Crippen molar-refractivity contribution in [3.8, 4) is 5.88 Å². The Balaban J connectivity index is 2.63. The van der Waals surface area contributed by atoms with E-state index in [1.807, 2.05) is 0 Å². The molecule has 0 aromatic carbocycles. The first-order valence-electron chi connectivity index (χ1n) is 6.22. The number of alkyl carbamates (subject to hydrolysis) is 1. The van der Waals surface area contributed by atoms with E-state index < -0.39 is 23.7 Å². The molecule has 0 saturated carbocycles. The number of amides is 1. The maximum atomic E-state index is 11.6. The number of nitrogen functional groups attached to an aromatic ring is 1. The van der Waals surface area contributed by atoms with Crippen LogP contribution in [0.2, 0.25) is 0 Å². The van der Waals surface area contributed by atoms with Gasteiger partial charge in [-0.25, -0.2) is 14.3 Å². The normalized spacial score (nSPS) is 12.6. The van der Waals surface area contributed by atoms with Gasteiger partial charge in [-0.3, -0.25) is 0 Å². The first-order valence-corrected chi connectivity index (χ1v) is 6.22. The summed E-state index contributed by atoms with van der Waals surface area (Å²) in [6.07, 6.45) is 0.545. The molecular weight excluding hydrogens is 280 g/mol. The zero-order valence-corrected chi connectivity index (χ0v) is 12.4. The number of nitrogens with two attached hydrogens (primary N) is 1. The zero-order valence-electron chi connectivity index (χ0n) is 12.4. The fraction of sp³-hybridized carbons (Fsp3) is 0.583. The number of aryl methyl sites for hydroxylation is 1. The summed E-state index contributed by atoms with van der Waals surface area (Å²) in [5, 5.41) is 15.2. The molecule has 1 amide bonds. The number of hydrogen-bond acceptors (Lipinski definition) is 6. The highest BCUT2D eigenvalue weighted by atomic mass is 16.6. The van der Waals surface area contributed by atoms with Gasteiger partial charge in [0.15, 0.2) is 6.04 Å². The molecule has 0 unspecified atom stereocenters. The number of nitrogens with one attached hydrogen (secondary N) is 1. The lowest BCUT2D eigenvalue weighted by Crippen LogP contribution is -2.46. The Hall–Kier alpha value is -2.45. The maximum Gasteiger partial charge on any atom is 0.408 e. The smallest absolute Gasteiger partial charge is 0.408 e. The number of aliphatic carboxylic acids is 1. The van der Waals surface area contributed by atoms with Gasteiger partial charge >= 0.3 is 12.1 Å². The summed E-state index contributed by atoms with van der Waals surface area (Å²) in [5.74, 6) is -1.02. The number of nitrogens with zero attached hydrogens (tertiary/aromatic N) is 2. The Morgan fingerprint density at radius 3 is 2.57 bits per heavy atom. The summed E-state index contributed by atoms with van der Waals surface area (Å²) < 4.78 is 11.6. The molecular formula is C12H20N4O5. The number of carbonyl (C=O) groups is 2. The van der Waals surface area contributed by atoms with Gasteiger partial charge in [-0.1, -0.05) is 0 Å². The third kappa shape index (κ3) is 5.21. The van der Waals surface area contributed by atoms with E-state index >= 15 is 0 Å². The van der Waals surface area contributed by atoms with E-state index in [1.165, 1.54) is 10.9 Å². The van der Waals surface area contributed by atoms with Crippen molar-refractivity contribution in [2.24, 2.45) is 7.05 Å². The average molecular weight is 300 g/mol. The van der Waals surface area contributed by atoms with Gasteiger partial charge < -0.3 is 25.6 Å². The summed E-state index contributed by atoms with van der Waals surface area (Å²) in [6.45, 7) is 4.72. The van der Waals surface area contributed by atoms with Crippen molar-refractivity contribution in [3.05, 3.63) is 6.20 Å². The van der Waals surface area contributed by atoms with Crippen LogP contribution >= 0.6 is 0 Å². The number of carboxylic acid groups (broad SMARTS) is 1. The van der Waals surface area contributed by atoms with Crippen LogP contribution in [0.4, 0.5) is 10.5 Å². The van der Waals surface area contributed by atoms with Crippen LogP contribution in [0.25, 0.3) is 0 Å². The van der Waals surface area contributed by atoms with Crippen molar-refractivity contribution in [1.29, 1.82) is 0 Å². The molecule has 0 bridgehead atoms. The van der Waals surface area contributed by atoms with Gasteiger partial charge in [0, 0.05) is 7.05 Å². The van der Waals surface area contributed by atoms with E-state index in [9.17, 15) is 9.59 Å². The van der Waals surface area contributed by atoms with Gasteiger partial charge in [-0.15, -0.1) is 0 Å². The number of ether oxygens (including phenoxy) is 2. The van der Waals surface area contributed by atoms with Gasteiger partial charge in [0.1, 0.15) is 17.9 Å². The third-order valence-electron chi connectivity index (χ3n) is 2.29. The fourth-order valence-corrected chi connectivity index (χ4v) is 1.41. The molecule has 1 atom stereocenters. The van der Waals surface area contributed by atoms with E-state index in [1.54, 1.807) is 27.8 Å². The molecule has 0 aliphatic carbocycles. The molecule has 9 nitrogen and oxygen atoms in total. The summed E-state index contributed by atoms with van der Waals surface area (Å²) in [6, 6.07) is -1.27. The highest BCUT2D eigenvalue weighted by Gasteiger charge is 2.25. The van der Waals surface area contributed by atoms with Gasteiger partial charge in [0.2, 0.25) is 5.88 Å². The zero-order chi connectivity index (χ0) is 16.2. The molecule has 0 aliphatic heterocycles. The SMILES string of the molecule is Cn1ncc(N)c1OC[C@H](NC(=O)OC(C)(C)C)C(=O)O. The quantitative estimate of drug-likeness (QED) is 0.716. The first-order chi connectivity index (χ1) is 9.60. The van der Waals surface area contributed by atoms with Crippen molar-refractivity contribution in [3.63, 3.8) is 0 Å². The number of rotatable bonds is 5. The van der Waals surface area contributed by atoms with Crippen LogP contribution in [0.5, 0.6) is 5.88 Å². The molecule has 1 heterocycles. The van der Waals surface area contributed by atoms with Gasteiger partial charge in [0.05, 0.1) is 6.20 Å². The van der Waals surface area contributed by atoms with Crippen LogP contribution in [-0.4, -0.2) is 45.2 Å². The number of carboxylic acids is 1. The predicted octanol–water partition coefficient (Wildman–Crippen LogP) is 0.359. The molecule has 0 saturated heterocycles. The van der Waals surface area contributed by atoms with E-state index in [4.69, 9.17) is 20.3 Å². The summed E-state index contributed by atoms with van der Waals surface area (Å²) in [4.78, 5) is 22.7. The van der Waals surface area contributed by atoms with Gasteiger partial charge in [-0.2, -0.15) is 5.10 Å². The van der Waals surface area contributed by atoms with E-state index in [0.29, 0.717) is 0 Å². The Labute approximate surface area is 122 Å². The second kappa shape index (κ2) is 6.33. The molecule has 118 valence electrons. The highest BCUT2D eigenvalue weighted by Crippen LogP contribution is 2.18. The minimum absolute atomic E-state index is 0.229. The molecule has 0 fully saturated rings. The van der Waals surface area contributed by atoms with Crippen molar-refractivity contribution >= 4 is 17.7 Å². The number of carbonyl (C=O) groups excluding carboxylic acids is 1. The summed E-state index contributed by atoms with van der Waals surface area (Å²) in [7, 11) is 1.60. The van der Waals surface area contributed by atoms with Crippen LogP contribution in [0.15, 0.2) is 6.20 Å². The lowest BCUT2D eigenvalue weighted by atomic mass is 10.2. The molecule has 4 N–H and O–H groups in total. The summed E-state index contributed by atoms with van der Waals surface area (Å²) >= 11 is 0. The molecule has 21 heavy (non-hydrogen) atoms. The monoisotopic (exact) mass is 300 g/mol. The van der Waals surface area contributed by atoms with Gasteiger partial charge in [-0.05, 0) is 20.8 Å². The maximum absolute atomic E-state index is 11.6. The second-order valence-corrected chi connectivity index (χ2v) is 5.38. The molecule has 1 aromatic rings. The molecule has 1 aromatic heterocycles. The first kappa shape index (κ1) is 16.6. The highest BCUT2D eigenvalue weighted by molar-refractivity contribution is 5.80. The Morgan fingerprint density at radius 2 is 2.14 bits per heavy atom. The van der Waals surface area contributed by atoms with Crippen molar-refractivity contribution < 1.29 is 24.2 Å². The Bertz CT molecular complexity index is 501. The van der Waals surface area contributed by atoms with Crippen LogP contribution < -0.4 is 15.8 Å². The van der Waals surface area contributed by atoms with E-state index in [0.717, 1.165) is 0 Å². The fourth-order valence-electron chi connectivity index (χ4n) is 1.41. The minimum Gasteiger partial charge on any atom is -0.480 e. The number of anilines is 1. The molecule has 0 aliphatic rings. The van der Waals surface area contributed by atoms with Crippen LogP contribution in [0.1, 0.15) is 20.8 Å². The number of aromatic nitrogens is 2. The van der Waals surface area contributed by atoms with Crippen molar-refractivity contribution in [1.82, 2.24) is 15.1 Å². The number of hydrogen-bond donors (Lipinski definition) is 3. The third-order valence-corrected chi connectivity index (χ3v) is 2.29. The average Bonchev–Trinajstić information content (AvgIpc) is 2.62. The largest absolute Gasteiger partial charge is 0.480 e. The topological polar surface area (TPSA) is 129 Å².